The highest BCUT2D eigenvalue weighted by molar-refractivity contribution is 5.89. The predicted octanol–water partition coefficient (Wildman–Crippen LogP) is 4.22. The molecule has 8 nitrogen and oxygen atoms in total. The summed E-state index contributed by atoms with van der Waals surface area (Å²) in [6, 6.07) is 11.3. The molecule has 37 heavy (non-hydrogen) atoms. The molecule has 1 fully saturated rings. The molecule has 1 N–H and O–H groups in total. The maximum Gasteiger partial charge on any atom is 0.314 e. The highest BCUT2D eigenvalue weighted by Crippen LogP contribution is 2.27. The van der Waals surface area contributed by atoms with Crippen LogP contribution in [0.5, 0.6) is 0 Å². The van der Waals surface area contributed by atoms with Gasteiger partial charge >= 0.3 is 6.43 Å². The van der Waals surface area contributed by atoms with Crippen LogP contribution in [-0.2, 0) is 16.0 Å². The number of halogens is 3. The van der Waals surface area contributed by atoms with Gasteiger partial charge in [0.15, 0.2) is 0 Å². The molecule has 2 amide bonds. The van der Waals surface area contributed by atoms with Crippen LogP contribution in [0.25, 0.3) is 0 Å². The molecule has 1 saturated heterocycles. The summed E-state index contributed by atoms with van der Waals surface area (Å²) in [6.45, 7) is 5.75. The third kappa shape index (κ3) is 5.98. The van der Waals surface area contributed by atoms with Crippen molar-refractivity contribution in [3.63, 3.8) is 0 Å². The van der Waals surface area contributed by atoms with Crippen molar-refractivity contribution in [2.45, 2.75) is 64.2 Å². The lowest BCUT2D eigenvalue weighted by atomic mass is 9.98. The number of amides is 2. The van der Waals surface area contributed by atoms with Crippen LogP contribution < -0.4 is 5.32 Å². The molecule has 0 aliphatic carbocycles. The molecule has 4 rings (SSSR count). The van der Waals surface area contributed by atoms with Crippen molar-refractivity contribution in [1.82, 2.24) is 25.4 Å². The van der Waals surface area contributed by atoms with Gasteiger partial charge in [-0.05, 0) is 30.0 Å². The first-order valence-corrected chi connectivity index (χ1v) is 12.0. The van der Waals surface area contributed by atoms with Gasteiger partial charge in [0, 0.05) is 12.1 Å². The number of carbonyl (C=O) groups is 2. The molecular formula is C26H28F3N5O3. The first kappa shape index (κ1) is 26.3. The van der Waals surface area contributed by atoms with E-state index < -0.39 is 48.8 Å². The zero-order valence-corrected chi connectivity index (χ0v) is 20.7. The maximum atomic E-state index is 14.4. The number of hydrogen-bond donors (Lipinski definition) is 1. The normalized spacial score (nSPS) is 18.4. The number of nitrogens with zero attached hydrogens (tertiary/aromatic N) is 4. The Hall–Kier alpha value is -3.76. The van der Waals surface area contributed by atoms with Crippen molar-refractivity contribution in [2.24, 2.45) is 0 Å². The molecule has 1 aliphatic heterocycles. The van der Waals surface area contributed by atoms with Crippen LogP contribution in [0.15, 0.2) is 46.9 Å². The summed E-state index contributed by atoms with van der Waals surface area (Å²) in [5.41, 5.74) is 3.32. The topological polar surface area (TPSA) is 101 Å². The highest BCUT2D eigenvalue weighted by atomic mass is 19.3. The average molecular weight is 516 g/mol. The molecule has 3 heterocycles. The third-order valence-electron chi connectivity index (χ3n) is 6.33. The van der Waals surface area contributed by atoms with E-state index in [1.807, 2.05) is 49.4 Å². The molecule has 3 atom stereocenters. The van der Waals surface area contributed by atoms with Gasteiger partial charge in [0.2, 0.25) is 17.7 Å². The van der Waals surface area contributed by atoms with E-state index in [4.69, 9.17) is 9.40 Å². The van der Waals surface area contributed by atoms with Crippen LogP contribution in [0.3, 0.4) is 0 Å². The standard InChI is InChI=1S/C26H28F3N5O3/c1-14(2)18-9-10-19(30-15(18)3)23(16-7-5-4-6-8-16)31-25(36)20-11-17(27)13-34(20)22(35)12-21-32-33-26(37-21)24(28)29/h4-10,14,17,20,23-24H,11-13H2,1-3H3,(H,31,36)/t17-,20+,23?/m1/s1. The number of rotatable bonds is 8. The number of benzene rings is 1. The first-order valence-electron chi connectivity index (χ1n) is 12.0. The van der Waals surface area contributed by atoms with Crippen LogP contribution in [0.4, 0.5) is 13.2 Å². The molecule has 2 aromatic heterocycles. The largest absolute Gasteiger partial charge is 0.419 e. The van der Waals surface area contributed by atoms with Gasteiger partial charge in [-0.3, -0.25) is 14.6 Å². The summed E-state index contributed by atoms with van der Waals surface area (Å²) < 4.78 is 44.7. The Bertz CT molecular complexity index is 1250. The summed E-state index contributed by atoms with van der Waals surface area (Å²) in [6.07, 6.45) is -5.10. The summed E-state index contributed by atoms with van der Waals surface area (Å²) in [4.78, 5) is 32.1. The molecule has 0 bridgehead atoms. The summed E-state index contributed by atoms with van der Waals surface area (Å²) in [5, 5.41) is 9.59. The first-order chi connectivity index (χ1) is 17.6. The number of pyridine rings is 1. The minimum Gasteiger partial charge on any atom is -0.419 e. The van der Waals surface area contributed by atoms with Crippen LogP contribution in [0.2, 0.25) is 0 Å². The van der Waals surface area contributed by atoms with E-state index in [1.165, 1.54) is 0 Å². The summed E-state index contributed by atoms with van der Waals surface area (Å²) in [5.74, 6) is -2.17. The number of nitrogens with one attached hydrogen (secondary N) is 1. The number of aromatic nitrogens is 3. The molecule has 1 unspecified atom stereocenters. The molecule has 196 valence electrons. The molecular weight excluding hydrogens is 487 g/mol. The van der Waals surface area contributed by atoms with Crippen molar-refractivity contribution in [2.75, 3.05) is 6.54 Å². The Morgan fingerprint density at radius 1 is 1.14 bits per heavy atom. The van der Waals surface area contributed by atoms with E-state index in [-0.39, 0.29) is 24.8 Å². The minimum absolute atomic E-state index is 0.191. The number of alkyl halides is 3. The van der Waals surface area contributed by atoms with Crippen molar-refractivity contribution in [1.29, 1.82) is 0 Å². The molecule has 3 aromatic rings. The van der Waals surface area contributed by atoms with Crippen LogP contribution in [-0.4, -0.2) is 50.7 Å². The lowest BCUT2D eigenvalue weighted by Gasteiger charge is -2.26. The number of likely N-dealkylation sites (tertiary alicyclic amines) is 1. The quantitative estimate of drug-likeness (QED) is 0.482. The molecule has 1 aliphatic rings. The smallest absolute Gasteiger partial charge is 0.314 e. The molecule has 1 aromatic carbocycles. The second kappa shape index (κ2) is 11.1. The van der Waals surface area contributed by atoms with Gasteiger partial charge in [0.25, 0.3) is 5.89 Å². The molecule has 0 spiro atoms. The zero-order chi connectivity index (χ0) is 26.7. The molecule has 0 radical (unpaired) electrons. The van der Waals surface area contributed by atoms with Crippen molar-refractivity contribution < 1.29 is 27.2 Å². The lowest BCUT2D eigenvalue weighted by molar-refractivity contribution is -0.138. The number of hydrogen-bond acceptors (Lipinski definition) is 6. The SMILES string of the molecule is Cc1nc(C(NC(=O)[C@@H]2C[C@@H](F)CN2C(=O)Cc2nnc(C(F)F)o2)c2ccccc2)ccc1C(C)C. The van der Waals surface area contributed by atoms with E-state index in [0.717, 1.165) is 21.7 Å². The van der Waals surface area contributed by atoms with Crippen LogP contribution in [0, 0.1) is 6.92 Å². The van der Waals surface area contributed by atoms with Gasteiger partial charge in [-0.2, -0.15) is 8.78 Å². The number of carbonyl (C=O) groups excluding carboxylic acids is 2. The Morgan fingerprint density at radius 3 is 2.49 bits per heavy atom. The fourth-order valence-corrected chi connectivity index (χ4v) is 4.54. The number of aryl methyl sites for hydroxylation is 1. The van der Waals surface area contributed by atoms with Crippen LogP contribution >= 0.6 is 0 Å². The predicted molar refractivity (Wildman–Crippen MR) is 127 cm³/mol. The second-order valence-electron chi connectivity index (χ2n) is 9.32. The van der Waals surface area contributed by atoms with Gasteiger partial charge in [-0.15, -0.1) is 10.2 Å². The van der Waals surface area contributed by atoms with Crippen molar-refractivity contribution >= 4 is 11.8 Å². The summed E-state index contributed by atoms with van der Waals surface area (Å²) >= 11 is 0. The van der Waals surface area contributed by atoms with Gasteiger partial charge in [0.05, 0.1) is 18.3 Å². The Morgan fingerprint density at radius 2 is 1.86 bits per heavy atom. The van der Waals surface area contributed by atoms with E-state index in [9.17, 15) is 22.8 Å². The van der Waals surface area contributed by atoms with Gasteiger partial charge in [-0.25, -0.2) is 4.39 Å². The maximum absolute atomic E-state index is 14.4. The fourth-order valence-electron chi connectivity index (χ4n) is 4.54. The summed E-state index contributed by atoms with van der Waals surface area (Å²) in [7, 11) is 0. The lowest BCUT2D eigenvalue weighted by Crippen LogP contribution is -2.47. The fraction of sp³-hybridized carbons (Fsp3) is 0.423. The van der Waals surface area contributed by atoms with E-state index in [1.54, 1.807) is 0 Å². The van der Waals surface area contributed by atoms with Gasteiger partial charge in [-0.1, -0.05) is 50.2 Å². The second-order valence-corrected chi connectivity index (χ2v) is 9.32. The third-order valence-corrected chi connectivity index (χ3v) is 6.33. The average Bonchev–Trinajstić information content (AvgIpc) is 3.49. The Labute approximate surface area is 212 Å². The Kier molecular flexibility index (Phi) is 7.89. The van der Waals surface area contributed by atoms with Crippen molar-refractivity contribution in [3.8, 4) is 0 Å². The zero-order valence-electron chi connectivity index (χ0n) is 20.7. The molecule has 11 heteroatoms. The highest BCUT2D eigenvalue weighted by Gasteiger charge is 2.41. The van der Waals surface area contributed by atoms with Crippen LogP contribution in [0.1, 0.15) is 72.9 Å². The van der Waals surface area contributed by atoms with Gasteiger partial charge < -0.3 is 14.6 Å². The van der Waals surface area contributed by atoms with Crippen molar-refractivity contribution in [3.05, 3.63) is 76.8 Å². The molecule has 0 saturated carbocycles. The van der Waals surface area contributed by atoms with Gasteiger partial charge in [0.1, 0.15) is 18.6 Å². The minimum atomic E-state index is -2.97. The van der Waals surface area contributed by atoms with E-state index >= 15 is 0 Å². The van der Waals surface area contributed by atoms with E-state index in [2.05, 4.69) is 29.4 Å². The monoisotopic (exact) mass is 515 g/mol. The Balaban J connectivity index is 1.56. The van der Waals surface area contributed by atoms with E-state index in [0.29, 0.717) is 5.69 Å².